The molecule has 37 heavy (non-hydrogen) atoms. The van der Waals surface area contributed by atoms with Crippen molar-refractivity contribution in [1.29, 1.82) is 0 Å². The molecule has 1 amide bonds. The average Bonchev–Trinajstić information content (AvgIpc) is 2.89. The Morgan fingerprint density at radius 1 is 1.14 bits per heavy atom. The van der Waals surface area contributed by atoms with E-state index >= 15 is 0 Å². The molecule has 1 saturated heterocycles. The maximum absolute atomic E-state index is 13.2. The number of carbonyl (C=O) groups is 1. The van der Waals surface area contributed by atoms with Crippen LogP contribution in [0.3, 0.4) is 0 Å². The number of hydrogen-bond donors (Lipinski definition) is 1. The molecule has 0 saturated carbocycles. The van der Waals surface area contributed by atoms with E-state index in [0.29, 0.717) is 6.54 Å². The van der Waals surface area contributed by atoms with Crippen molar-refractivity contribution >= 4 is 35.1 Å². The van der Waals surface area contributed by atoms with Crippen molar-refractivity contribution in [3.63, 3.8) is 0 Å². The molecule has 0 aromatic heterocycles. The summed E-state index contributed by atoms with van der Waals surface area (Å²) in [7, 11) is 1.62. The number of carbonyl (C=O) groups excluding carboxylic acids is 1. The van der Waals surface area contributed by atoms with Gasteiger partial charge in [-0.15, -0.1) is 0 Å². The molecule has 0 radical (unpaired) electrons. The van der Waals surface area contributed by atoms with Gasteiger partial charge in [0.2, 0.25) is 0 Å². The van der Waals surface area contributed by atoms with Crippen LogP contribution < -0.4 is 15.1 Å². The van der Waals surface area contributed by atoms with E-state index in [0.717, 1.165) is 54.8 Å². The Kier molecular flexibility index (Phi) is 8.32. The predicted molar refractivity (Wildman–Crippen MR) is 140 cm³/mol. The molecule has 4 rings (SSSR count). The van der Waals surface area contributed by atoms with Crippen LogP contribution in [0.5, 0.6) is 5.75 Å². The summed E-state index contributed by atoms with van der Waals surface area (Å²) in [6, 6.07) is 15.8. The molecule has 1 aliphatic rings. The number of piperazine rings is 1. The number of amides is 1. The van der Waals surface area contributed by atoms with E-state index in [-0.39, 0.29) is 22.1 Å². The monoisotopic (exact) mass is 525 g/mol. The molecule has 0 aliphatic carbocycles. The van der Waals surface area contributed by atoms with E-state index in [1.165, 1.54) is 30.5 Å². The number of hydrazone groups is 1. The SMILES string of the molecule is COc1ccc(/C=N\NC(=O)c2ccc([N+](=O)[O-])cc2Cl)cc1CN1CCN(c2ccc(F)cc2)CC1. The number of benzene rings is 3. The van der Waals surface area contributed by atoms with Crippen molar-refractivity contribution in [3.05, 3.63) is 98.3 Å². The summed E-state index contributed by atoms with van der Waals surface area (Å²) in [5.74, 6) is -0.0728. The Morgan fingerprint density at radius 2 is 1.86 bits per heavy atom. The summed E-state index contributed by atoms with van der Waals surface area (Å²) in [6.07, 6.45) is 1.51. The molecule has 1 heterocycles. The first-order valence-corrected chi connectivity index (χ1v) is 11.9. The van der Waals surface area contributed by atoms with Crippen LogP contribution in [-0.2, 0) is 6.54 Å². The van der Waals surface area contributed by atoms with Crippen LogP contribution in [0.4, 0.5) is 15.8 Å². The smallest absolute Gasteiger partial charge is 0.272 e. The maximum Gasteiger partial charge on any atom is 0.272 e. The molecule has 3 aromatic carbocycles. The van der Waals surface area contributed by atoms with Crippen molar-refractivity contribution in [2.45, 2.75) is 6.54 Å². The van der Waals surface area contributed by atoms with Gasteiger partial charge in [-0.25, -0.2) is 9.82 Å². The molecule has 1 aliphatic heterocycles. The molecule has 0 bridgehead atoms. The Hall–Kier alpha value is -4.02. The number of ether oxygens (including phenoxy) is 1. The highest BCUT2D eigenvalue weighted by Crippen LogP contribution is 2.24. The maximum atomic E-state index is 13.2. The Balaban J connectivity index is 1.37. The lowest BCUT2D eigenvalue weighted by Gasteiger charge is -2.36. The molecule has 1 fully saturated rings. The fraction of sp³-hybridized carbons (Fsp3) is 0.231. The summed E-state index contributed by atoms with van der Waals surface area (Å²) in [5, 5.41) is 14.8. The van der Waals surface area contributed by atoms with Crippen molar-refractivity contribution in [2.24, 2.45) is 5.10 Å². The van der Waals surface area contributed by atoms with Gasteiger partial charge >= 0.3 is 0 Å². The Labute approximate surface area is 218 Å². The number of nitrogens with one attached hydrogen (secondary N) is 1. The third-order valence-electron chi connectivity index (χ3n) is 6.05. The zero-order valence-electron chi connectivity index (χ0n) is 20.1. The van der Waals surface area contributed by atoms with Crippen LogP contribution in [0.15, 0.2) is 65.8 Å². The highest BCUT2D eigenvalue weighted by atomic mass is 35.5. The van der Waals surface area contributed by atoms with E-state index in [1.54, 1.807) is 19.2 Å². The second kappa shape index (κ2) is 11.8. The lowest BCUT2D eigenvalue weighted by molar-refractivity contribution is -0.384. The van der Waals surface area contributed by atoms with Crippen LogP contribution in [0.1, 0.15) is 21.5 Å². The highest BCUT2D eigenvalue weighted by Gasteiger charge is 2.19. The molecule has 1 N–H and O–H groups in total. The predicted octanol–water partition coefficient (Wildman–Crippen LogP) is 4.48. The number of halogens is 2. The molecule has 11 heteroatoms. The molecule has 0 atom stereocenters. The summed E-state index contributed by atoms with van der Waals surface area (Å²) in [6.45, 7) is 4.00. The van der Waals surface area contributed by atoms with Crippen LogP contribution >= 0.6 is 11.6 Å². The number of hydrogen-bond acceptors (Lipinski definition) is 7. The van der Waals surface area contributed by atoms with Crippen LogP contribution in [0.2, 0.25) is 5.02 Å². The van der Waals surface area contributed by atoms with E-state index in [9.17, 15) is 19.3 Å². The van der Waals surface area contributed by atoms with Gasteiger partial charge in [0.1, 0.15) is 11.6 Å². The van der Waals surface area contributed by atoms with Gasteiger partial charge in [-0.2, -0.15) is 5.10 Å². The van der Waals surface area contributed by atoms with E-state index < -0.39 is 10.8 Å². The minimum absolute atomic E-state index is 0.0341. The minimum Gasteiger partial charge on any atom is -0.496 e. The molecule has 192 valence electrons. The second-order valence-corrected chi connectivity index (χ2v) is 8.84. The van der Waals surface area contributed by atoms with Crippen LogP contribution in [-0.4, -0.2) is 55.2 Å². The largest absolute Gasteiger partial charge is 0.496 e. The van der Waals surface area contributed by atoms with E-state index in [4.69, 9.17) is 16.3 Å². The number of nitro benzene ring substituents is 1. The first-order valence-electron chi connectivity index (χ1n) is 11.5. The standard InChI is InChI=1S/C26H25ClFN5O4/c1-37-25-9-2-18(16-29-30-26(34)23-8-7-22(33(35)36)15-24(23)27)14-19(25)17-31-10-12-32(13-11-31)21-5-3-20(28)4-6-21/h2-9,14-16H,10-13,17H2,1H3,(H,30,34)/b29-16-. The zero-order chi connectivity index (χ0) is 26.4. The topological polar surface area (TPSA) is 100 Å². The van der Waals surface area contributed by atoms with Crippen LogP contribution in [0, 0.1) is 15.9 Å². The fourth-order valence-corrected chi connectivity index (χ4v) is 4.35. The molecular formula is C26H25ClFN5O4. The molecule has 3 aromatic rings. The highest BCUT2D eigenvalue weighted by molar-refractivity contribution is 6.34. The van der Waals surface area contributed by atoms with Crippen LogP contribution in [0.25, 0.3) is 0 Å². The van der Waals surface area contributed by atoms with Crippen molar-refractivity contribution < 1.29 is 18.8 Å². The van der Waals surface area contributed by atoms with Crippen molar-refractivity contribution in [3.8, 4) is 5.75 Å². The second-order valence-electron chi connectivity index (χ2n) is 8.43. The quantitative estimate of drug-likeness (QED) is 0.264. The summed E-state index contributed by atoms with van der Waals surface area (Å²) >= 11 is 6.01. The van der Waals surface area contributed by atoms with Crippen molar-refractivity contribution in [1.82, 2.24) is 10.3 Å². The first-order chi connectivity index (χ1) is 17.8. The molecule has 0 spiro atoms. The summed E-state index contributed by atoms with van der Waals surface area (Å²) in [4.78, 5) is 27.2. The van der Waals surface area contributed by atoms with Crippen molar-refractivity contribution in [2.75, 3.05) is 38.2 Å². The molecule has 0 unspecified atom stereocenters. The number of non-ortho nitro benzene ring substituents is 1. The molecule has 9 nitrogen and oxygen atoms in total. The zero-order valence-corrected chi connectivity index (χ0v) is 20.8. The fourth-order valence-electron chi connectivity index (χ4n) is 4.09. The molecular weight excluding hydrogens is 501 g/mol. The van der Waals surface area contributed by atoms with Gasteiger partial charge in [0, 0.05) is 56.1 Å². The number of methoxy groups -OCH3 is 1. The average molecular weight is 526 g/mol. The first kappa shape index (κ1) is 26.1. The summed E-state index contributed by atoms with van der Waals surface area (Å²) < 4.78 is 18.8. The Morgan fingerprint density at radius 3 is 2.51 bits per heavy atom. The van der Waals surface area contributed by atoms with E-state index in [2.05, 4.69) is 20.3 Å². The van der Waals surface area contributed by atoms with E-state index in [1.807, 2.05) is 18.2 Å². The third-order valence-corrected chi connectivity index (χ3v) is 6.36. The lowest BCUT2D eigenvalue weighted by atomic mass is 10.1. The summed E-state index contributed by atoms with van der Waals surface area (Å²) in [5.41, 5.74) is 5.02. The lowest BCUT2D eigenvalue weighted by Crippen LogP contribution is -2.46. The minimum atomic E-state index is -0.585. The van der Waals surface area contributed by atoms with Gasteiger partial charge in [-0.1, -0.05) is 11.6 Å². The van der Waals surface area contributed by atoms with Gasteiger partial charge in [-0.3, -0.25) is 19.8 Å². The number of anilines is 1. The Bertz CT molecular complexity index is 1310. The van der Waals surface area contributed by atoms with Gasteiger partial charge in [0.25, 0.3) is 11.6 Å². The number of rotatable bonds is 8. The van der Waals surface area contributed by atoms with Gasteiger partial charge in [0.05, 0.1) is 28.8 Å². The third kappa shape index (κ3) is 6.60. The normalized spacial score (nSPS) is 14.1. The number of nitro groups is 1. The van der Waals surface area contributed by atoms with Gasteiger partial charge < -0.3 is 9.64 Å². The van der Waals surface area contributed by atoms with Gasteiger partial charge in [0.15, 0.2) is 0 Å². The number of nitrogens with zero attached hydrogens (tertiary/aromatic N) is 4. The van der Waals surface area contributed by atoms with Gasteiger partial charge in [-0.05, 0) is 54.1 Å².